The summed E-state index contributed by atoms with van der Waals surface area (Å²) in [6.07, 6.45) is 3.36. The van der Waals surface area contributed by atoms with Crippen molar-refractivity contribution in [2.45, 2.75) is 18.8 Å². The highest BCUT2D eigenvalue weighted by molar-refractivity contribution is 6.05. The largest absolute Gasteiger partial charge is 0.493 e. The van der Waals surface area contributed by atoms with E-state index in [1.807, 2.05) is 0 Å². The highest BCUT2D eigenvalue weighted by atomic mass is 19.1. The van der Waals surface area contributed by atoms with Gasteiger partial charge in [0.2, 0.25) is 0 Å². The van der Waals surface area contributed by atoms with Crippen LogP contribution in [0.25, 0.3) is 5.69 Å². The number of aromatic nitrogens is 2. The summed E-state index contributed by atoms with van der Waals surface area (Å²) < 4.78 is 25.8. The number of nitrogens with one attached hydrogen (secondary N) is 2. The molecule has 1 amide bonds. The standard InChI is InChI=1S/C23H25FN4O3/c1-30-20-8-5-17(13-21(20)31-2)27-23(29)19-14-26-28(18-6-3-16(24)4-7-18)22(19)15-9-11-25-12-10-15/h3-8,13-15,25H,9-12H2,1-2H3,(H,27,29). The van der Waals surface area contributed by atoms with E-state index in [1.54, 1.807) is 55.4 Å². The third-order valence-corrected chi connectivity index (χ3v) is 5.49. The van der Waals surface area contributed by atoms with Crippen molar-refractivity contribution in [3.8, 4) is 17.2 Å². The fourth-order valence-corrected chi connectivity index (χ4v) is 3.92. The van der Waals surface area contributed by atoms with Crippen LogP contribution in [0.1, 0.15) is 34.8 Å². The number of halogens is 1. The van der Waals surface area contributed by atoms with Crippen LogP contribution in [-0.2, 0) is 0 Å². The van der Waals surface area contributed by atoms with Gasteiger partial charge in [-0.1, -0.05) is 0 Å². The molecule has 1 aliphatic heterocycles. The SMILES string of the molecule is COc1ccc(NC(=O)c2cnn(-c3ccc(F)cc3)c2C2CCNCC2)cc1OC. The average molecular weight is 424 g/mol. The minimum atomic E-state index is -0.314. The van der Waals surface area contributed by atoms with E-state index < -0.39 is 0 Å². The van der Waals surface area contributed by atoms with Gasteiger partial charge in [0.15, 0.2) is 11.5 Å². The lowest BCUT2D eigenvalue weighted by atomic mass is 9.91. The summed E-state index contributed by atoms with van der Waals surface area (Å²) in [6, 6.07) is 11.3. The summed E-state index contributed by atoms with van der Waals surface area (Å²) in [5, 5.41) is 10.8. The predicted molar refractivity (Wildman–Crippen MR) is 116 cm³/mol. The van der Waals surface area contributed by atoms with Gasteiger partial charge < -0.3 is 20.1 Å². The molecule has 2 N–H and O–H groups in total. The molecule has 3 aromatic rings. The molecule has 1 aliphatic rings. The summed E-state index contributed by atoms with van der Waals surface area (Å²) in [5.41, 5.74) is 2.66. The van der Waals surface area contributed by atoms with E-state index in [2.05, 4.69) is 15.7 Å². The fourth-order valence-electron chi connectivity index (χ4n) is 3.92. The monoisotopic (exact) mass is 424 g/mol. The van der Waals surface area contributed by atoms with Gasteiger partial charge >= 0.3 is 0 Å². The Balaban J connectivity index is 1.68. The van der Waals surface area contributed by atoms with Crippen molar-refractivity contribution >= 4 is 11.6 Å². The normalized spacial score (nSPS) is 14.3. The Kier molecular flexibility index (Phi) is 6.18. The van der Waals surface area contributed by atoms with Crippen LogP contribution in [0.15, 0.2) is 48.7 Å². The van der Waals surface area contributed by atoms with Crippen LogP contribution < -0.4 is 20.1 Å². The first-order valence-corrected chi connectivity index (χ1v) is 10.2. The second-order valence-corrected chi connectivity index (χ2v) is 7.38. The number of anilines is 1. The molecule has 31 heavy (non-hydrogen) atoms. The summed E-state index contributed by atoms with van der Waals surface area (Å²) in [6.45, 7) is 1.74. The molecule has 0 atom stereocenters. The highest BCUT2D eigenvalue weighted by Crippen LogP contribution is 2.32. The zero-order valence-electron chi connectivity index (χ0n) is 17.5. The van der Waals surface area contributed by atoms with Gasteiger partial charge in [-0.05, 0) is 62.3 Å². The van der Waals surface area contributed by atoms with E-state index in [1.165, 1.54) is 12.1 Å². The molecule has 7 nitrogen and oxygen atoms in total. The summed E-state index contributed by atoms with van der Waals surface area (Å²) in [4.78, 5) is 13.2. The number of carbonyl (C=O) groups excluding carboxylic acids is 1. The lowest BCUT2D eigenvalue weighted by Crippen LogP contribution is -2.29. The van der Waals surface area contributed by atoms with Crippen molar-refractivity contribution < 1.29 is 18.7 Å². The van der Waals surface area contributed by atoms with Crippen LogP contribution in [-0.4, -0.2) is 43.0 Å². The topological polar surface area (TPSA) is 77.4 Å². The molecule has 0 radical (unpaired) electrons. The van der Waals surface area contributed by atoms with E-state index in [9.17, 15) is 9.18 Å². The average Bonchev–Trinajstić information content (AvgIpc) is 3.25. The second kappa shape index (κ2) is 9.18. The molecule has 4 rings (SSSR count). The summed E-state index contributed by atoms with van der Waals surface area (Å²) in [5.74, 6) is 0.709. The van der Waals surface area contributed by atoms with Gasteiger partial charge in [0.05, 0.1) is 37.4 Å². The minimum Gasteiger partial charge on any atom is -0.493 e. The Hall–Kier alpha value is -3.39. The maximum Gasteiger partial charge on any atom is 0.259 e. The molecule has 1 aromatic heterocycles. The molecule has 0 unspecified atom stereocenters. The van der Waals surface area contributed by atoms with Crippen molar-refractivity contribution in [1.82, 2.24) is 15.1 Å². The number of carbonyl (C=O) groups is 1. The number of hydrogen-bond donors (Lipinski definition) is 2. The number of piperidine rings is 1. The van der Waals surface area contributed by atoms with E-state index in [-0.39, 0.29) is 17.6 Å². The summed E-state index contributed by atoms with van der Waals surface area (Å²) in [7, 11) is 3.11. The molecule has 0 aliphatic carbocycles. The maximum absolute atomic E-state index is 13.4. The lowest BCUT2D eigenvalue weighted by molar-refractivity contribution is 0.102. The van der Waals surface area contributed by atoms with Crippen molar-refractivity contribution in [3.05, 3.63) is 65.7 Å². The molecule has 162 valence electrons. The second-order valence-electron chi connectivity index (χ2n) is 7.38. The van der Waals surface area contributed by atoms with Gasteiger partial charge in [0, 0.05) is 17.7 Å². The molecule has 2 heterocycles. The highest BCUT2D eigenvalue weighted by Gasteiger charge is 2.27. The van der Waals surface area contributed by atoms with Gasteiger partial charge in [-0.3, -0.25) is 4.79 Å². The Morgan fingerprint density at radius 3 is 2.48 bits per heavy atom. The number of nitrogens with zero attached hydrogens (tertiary/aromatic N) is 2. The van der Waals surface area contributed by atoms with Gasteiger partial charge in [0.1, 0.15) is 5.82 Å². The lowest BCUT2D eigenvalue weighted by Gasteiger charge is -2.24. The van der Waals surface area contributed by atoms with E-state index >= 15 is 0 Å². The Morgan fingerprint density at radius 1 is 1.10 bits per heavy atom. The molecule has 8 heteroatoms. The van der Waals surface area contributed by atoms with Gasteiger partial charge in [-0.2, -0.15) is 5.10 Å². The van der Waals surface area contributed by atoms with Gasteiger partial charge in [0.25, 0.3) is 5.91 Å². The molecule has 0 saturated carbocycles. The molecular weight excluding hydrogens is 399 g/mol. The van der Waals surface area contributed by atoms with Gasteiger partial charge in [-0.15, -0.1) is 0 Å². The van der Waals surface area contributed by atoms with Crippen LogP contribution in [0.3, 0.4) is 0 Å². The first-order valence-electron chi connectivity index (χ1n) is 10.2. The van der Waals surface area contributed by atoms with Crippen molar-refractivity contribution in [3.63, 3.8) is 0 Å². The molecule has 0 bridgehead atoms. The number of benzene rings is 2. The van der Waals surface area contributed by atoms with Crippen molar-refractivity contribution in [2.24, 2.45) is 0 Å². The summed E-state index contributed by atoms with van der Waals surface area (Å²) >= 11 is 0. The molecule has 0 spiro atoms. The van der Waals surface area contributed by atoms with Crippen LogP contribution in [0.5, 0.6) is 11.5 Å². The zero-order valence-corrected chi connectivity index (χ0v) is 17.5. The quantitative estimate of drug-likeness (QED) is 0.630. The molecule has 1 saturated heterocycles. The minimum absolute atomic E-state index is 0.167. The molecule has 2 aromatic carbocycles. The van der Waals surface area contributed by atoms with Crippen molar-refractivity contribution in [2.75, 3.05) is 32.6 Å². The van der Waals surface area contributed by atoms with Crippen LogP contribution >= 0.6 is 0 Å². The number of methoxy groups -OCH3 is 2. The van der Waals surface area contributed by atoms with Crippen LogP contribution in [0, 0.1) is 5.82 Å². The predicted octanol–water partition coefficient (Wildman–Crippen LogP) is 3.75. The van der Waals surface area contributed by atoms with Gasteiger partial charge in [-0.25, -0.2) is 9.07 Å². The Labute approximate surface area is 180 Å². The first-order chi connectivity index (χ1) is 15.1. The fraction of sp³-hybridized carbons (Fsp3) is 0.304. The zero-order chi connectivity index (χ0) is 21.8. The van der Waals surface area contributed by atoms with Crippen molar-refractivity contribution in [1.29, 1.82) is 0 Å². The van der Waals surface area contributed by atoms with E-state index in [0.717, 1.165) is 37.3 Å². The van der Waals surface area contributed by atoms with Crippen LogP contribution in [0.4, 0.5) is 10.1 Å². The Morgan fingerprint density at radius 2 is 1.81 bits per heavy atom. The number of hydrogen-bond acceptors (Lipinski definition) is 5. The Bertz CT molecular complexity index is 1060. The number of amides is 1. The first kappa shape index (κ1) is 20.9. The number of ether oxygens (including phenoxy) is 2. The smallest absolute Gasteiger partial charge is 0.259 e. The molecular formula is C23H25FN4O3. The third kappa shape index (κ3) is 4.39. The van der Waals surface area contributed by atoms with Crippen LogP contribution in [0.2, 0.25) is 0 Å². The molecule has 1 fully saturated rings. The van der Waals surface area contributed by atoms with E-state index in [4.69, 9.17) is 9.47 Å². The third-order valence-electron chi connectivity index (χ3n) is 5.49. The number of rotatable bonds is 6. The maximum atomic E-state index is 13.4. The van der Waals surface area contributed by atoms with E-state index in [0.29, 0.717) is 22.7 Å².